The van der Waals surface area contributed by atoms with E-state index in [2.05, 4.69) is 39.6 Å². The SMILES string of the molecule is CC(CC1CCCCCN1)NC1CCN(c2ccccn2)CC1. The van der Waals surface area contributed by atoms with Crippen molar-refractivity contribution in [2.24, 2.45) is 0 Å². The molecular weight excluding hydrogens is 284 g/mol. The van der Waals surface area contributed by atoms with E-state index >= 15 is 0 Å². The number of pyridine rings is 1. The second-order valence-electron chi connectivity index (χ2n) is 7.25. The topological polar surface area (TPSA) is 40.2 Å². The van der Waals surface area contributed by atoms with Crippen LogP contribution in [0.4, 0.5) is 5.82 Å². The quantitative estimate of drug-likeness (QED) is 0.876. The van der Waals surface area contributed by atoms with Crippen LogP contribution in [-0.4, -0.2) is 42.7 Å². The van der Waals surface area contributed by atoms with Crippen LogP contribution in [0.1, 0.15) is 51.9 Å². The first-order chi connectivity index (χ1) is 11.3. The molecule has 0 spiro atoms. The van der Waals surface area contributed by atoms with Gasteiger partial charge in [0.05, 0.1) is 0 Å². The maximum Gasteiger partial charge on any atom is 0.128 e. The molecule has 0 saturated carbocycles. The molecule has 2 aliphatic heterocycles. The van der Waals surface area contributed by atoms with Gasteiger partial charge in [0.2, 0.25) is 0 Å². The van der Waals surface area contributed by atoms with Crippen molar-refractivity contribution in [1.29, 1.82) is 0 Å². The van der Waals surface area contributed by atoms with Gasteiger partial charge in [0.25, 0.3) is 0 Å². The van der Waals surface area contributed by atoms with Crippen molar-refractivity contribution in [3.8, 4) is 0 Å². The van der Waals surface area contributed by atoms with Crippen molar-refractivity contribution < 1.29 is 0 Å². The minimum Gasteiger partial charge on any atom is -0.357 e. The Labute approximate surface area is 141 Å². The molecule has 4 nitrogen and oxygen atoms in total. The first kappa shape index (κ1) is 16.7. The fourth-order valence-electron chi connectivity index (χ4n) is 4.02. The van der Waals surface area contributed by atoms with Crippen molar-refractivity contribution in [3.05, 3.63) is 24.4 Å². The number of hydrogen-bond donors (Lipinski definition) is 2. The summed E-state index contributed by atoms with van der Waals surface area (Å²) in [7, 11) is 0. The van der Waals surface area contributed by atoms with Gasteiger partial charge in [-0.25, -0.2) is 4.98 Å². The lowest BCUT2D eigenvalue weighted by Gasteiger charge is -2.35. The Kier molecular flexibility index (Phi) is 6.29. The molecule has 2 fully saturated rings. The standard InChI is InChI=1S/C19H32N4/c1-16(15-18-7-3-2-5-11-20-18)22-17-9-13-23(14-10-17)19-8-4-6-12-21-19/h4,6,8,12,16-18,20,22H,2-3,5,7,9-11,13-15H2,1H3. The third kappa shape index (κ3) is 5.18. The van der Waals surface area contributed by atoms with Gasteiger partial charge < -0.3 is 15.5 Å². The Bertz CT molecular complexity index is 434. The molecule has 23 heavy (non-hydrogen) atoms. The summed E-state index contributed by atoms with van der Waals surface area (Å²) in [6.07, 6.45) is 11.1. The van der Waals surface area contributed by atoms with Gasteiger partial charge in [-0.1, -0.05) is 18.9 Å². The van der Waals surface area contributed by atoms with E-state index in [1.54, 1.807) is 0 Å². The van der Waals surface area contributed by atoms with Gasteiger partial charge in [0, 0.05) is 37.4 Å². The summed E-state index contributed by atoms with van der Waals surface area (Å²) in [5.41, 5.74) is 0. The smallest absolute Gasteiger partial charge is 0.128 e. The van der Waals surface area contributed by atoms with E-state index in [-0.39, 0.29) is 0 Å². The molecule has 2 atom stereocenters. The van der Waals surface area contributed by atoms with Gasteiger partial charge in [0.15, 0.2) is 0 Å². The van der Waals surface area contributed by atoms with E-state index in [1.165, 1.54) is 51.5 Å². The highest BCUT2D eigenvalue weighted by molar-refractivity contribution is 5.38. The zero-order valence-electron chi connectivity index (χ0n) is 14.5. The van der Waals surface area contributed by atoms with E-state index in [0.717, 1.165) is 18.9 Å². The minimum atomic E-state index is 0.608. The largest absolute Gasteiger partial charge is 0.357 e. The zero-order valence-corrected chi connectivity index (χ0v) is 14.5. The second kappa shape index (κ2) is 8.65. The van der Waals surface area contributed by atoms with Crippen LogP contribution in [0.15, 0.2) is 24.4 Å². The minimum absolute atomic E-state index is 0.608. The van der Waals surface area contributed by atoms with E-state index < -0.39 is 0 Å². The van der Waals surface area contributed by atoms with Crippen molar-refractivity contribution in [1.82, 2.24) is 15.6 Å². The lowest BCUT2D eigenvalue weighted by Crippen LogP contribution is -2.47. The molecule has 0 bridgehead atoms. The number of anilines is 1. The maximum atomic E-state index is 4.47. The van der Waals surface area contributed by atoms with Gasteiger partial charge in [-0.15, -0.1) is 0 Å². The molecule has 128 valence electrons. The lowest BCUT2D eigenvalue weighted by molar-refractivity contribution is 0.335. The summed E-state index contributed by atoms with van der Waals surface area (Å²) < 4.78 is 0. The molecule has 0 aliphatic carbocycles. The first-order valence-electron chi connectivity index (χ1n) is 9.46. The maximum absolute atomic E-state index is 4.47. The third-order valence-corrected chi connectivity index (χ3v) is 5.29. The summed E-state index contributed by atoms with van der Waals surface area (Å²) in [5.74, 6) is 1.13. The average molecular weight is 316 g/mol. The Balaban J connectivity index is 1.39. The normalized spacial score (nSPS) is 25.1. The van der Waals surface area contributed by atoms with Crippen LogP contribution in [0, 0.1) is 0 Å². The number of piperidine rings is 1. The molecule has 0 amide bonds. The highest BCUT2D eigenvalue weighted by Crippen LogP contribution is 2.18. The Morgan fingerprint density at radius 1 is 1.22 bits per heavy atom. The number of rotatable bonds is 5. The first-order valence-corrected chi connectivity index (χ1v) is 9.46. The predicted octanol–water partition coefficient (Wildman–Crippen LogP) is 2.95. The van der Waals surface area contributed by atoms with Crippen LogP contribution in [-0.2, 0) is 0 Å². The van der Waals surface area contributed by atoms with Crippen LogP contribution in [0.25, 0.3) is 0 Å². The Hall–Kier alpha value is -1.13. The summed E-state index contributed by atoms with van der Waals surface area (Å²) in [6, 6.07) is 8.17. The molecular formula is C19H32N4. The monoisotopic (exact) mass is 316 g/mol. The molecule has 2 aliphatic rings. The lowest BCUT2D eigenvalue weighted by atomic mass is 10.00. The summed E-state index contributed by atoms with van der Waals surface area (Å²) in [6.45, 7) is 5.80. The molecule has 3 rings (SSSR count). The van der Waals surface area contributed by atoms with Crippen molar-refractivity contribution in [3.63, 3.8) is 0 Å². The highest BCUT2D eigenvalue weighted by atomic mass is 15.2. The molecule has 0 aromatic carbocycles. The predicted molar refractivity (Wildman–Crippen MR) is 96.9 cm³/mol. The molecule has 0 radical (unpaired) electrons. The number of hydrogen-bond acceptors (Lipinski definition) is 4. The van der Waals surface area contributed by atoms with E-state index in [4.69, 9.17) is 0 Å². The molecule has 2 unspecified atom stereocenters. The van der Waals surface area contributed by atoms with E-state index in [0.29, 0.717) is 18.1 Å². The van der Waals surface area contributed by atoms with Gasteiger partial charge in [-0.3, -0.25) is 0 Å². The van der Waals surface area contributed by atoms with Crippen molar-refractivity contribution >= 4 is 5.82 Å². The van der Waals surface area contributed by atoms with E-state index in [1.807, 2.05) is 12.3 Å². The summed E-state index contributed by atoms with van der Waals surface area (Å²) in [4.78, 5) is 6.88. The average Bonchev–Trinajstić information content (AvgIpc) is 2.85. The van der Waals surface area contributed by atoms with Gasteiger partial charge in [-0.2, -0.15) is 0 Å². The zero-order chi connectivity index (χ0) is 15.9. The molecule has 3 heterocycles. The van der Waals surface area contributed by atoms with Crippen molar-refractivity contribution in [2.45, 2.75) is 70.0 Å². The number of aromatic nitrogens is 1. The van der Waals surface area contributed by atoms with Crippen LogP contribution in [0.5, 0.6) is 0 Å². The summed E-state index contributed by atoms with van der Waals surface area (Å²) in [5, 5.41) is 7.59. The molecule has 1 aromatic heterocycles. The van der Waals surface area contributed by atoms with Crippen molar-refractivity contribution in [2.75, 3.05) is 24.5 Å². The van der Waals surface area contributed by atoms with Gasteiger partial charge in [-0.05, 0) is 57.7 Å². The summed E-state index contributed by atoms with van der Waals surface area (Å²) >= 11 is 0. The third-order valence-electron chi connectivity index (χ3n) is 5.29. The molecule has 2 N–H and O–H groups in total. The Morgan fingerprint density at radius 3 is 2.87 bits per heavy atom. The Morgan fingerprint density at radius 2 is 2.09 bits per heavy atom. The van der Waals surface area contributed by atoms with Gasteiger partial charge >= 0.3 is 0 Å². The molecule has 4 heteroatoms. The fourth-order valence-corrected chi connectivity index (χ4v) is 4.02. The number of nitrogens with zero attached hydrogens (tertiary/aromatic N) is 2. The molecule has 2 saturated heterocycles. The van der Waals surface area contributed by atoms with E-state index in [9.17, 15) is 0 Å². The van der Waals surface area contributed by atoms with Crippen LogP contribution in [0.2, 0.25) is 0 Å². The second-order valence-corrected chi connectivity index (χ2v) is 7.25. The number of nitrogens with one attached hydrogen (secondary N) is 2. The van der Waals surface area contributed by atoms with Crippen LogP contribution in [0.3, 0.4) is 0 Å². The van der Waals surface area contributed by atoms with Gasteiger partial charge in [0.1, 0.15) is 5.82 Å². The van der Waals surface area contributed by atoms with Crippen LogP contribution >= 0.6 is 0 Å². The van der Waals surface area contributed by atoms with Crippen LogP contribution < -0.4 is 15.5 Å². The highest BCUT2D eigenvalue weighted by Gasteiger charge is 2.22. The molecule has 1 aromatic rings. The fraction of sp³-hybridized carbons (Fsp3) is 0.737.